The first-order chi connectivity index (χ1) is 3.27. The predicted molar refractivity (Wildman–Crippen MR) is 40.5 cm³/mol. The lowest BCUT2D eigenvalue weighted by Crippen LogP contribution is -1.91. The number of hydrogen-bond donors (Lipinski definition) is 1. The number of rotatable bonds is 2. The monoisotopic (exact) mass is 212 g/mol. The van der Waals surface area contributed by atoms with E-state index in [1.165, 1.54) is 0 Å². The van der Waals surface area contributed by atoms with Gasteiger partial charge in [0.15, 0.2) is 0 Å². The number of nitrogens with one attached hydrogen (secondary N) is 1. The van der Waals surface area contributed by atoms with E-state index in [2.05, 4.69) is 22.6 Å². The second-order valence-electron chi connectivity index (χ2n) is 1.61. The Balaban J connectivity index is 3.08. The summed E-state index contributed by atoms with van der Waals surface area (Å²) in [4.78, 5) is 0. The minimum absolute atomic E-state index is 0.544. The zero-order chi connectivity index (χ0) is 5.70. The first-order valence-corrected chi connectivity index (χ1v) is 3.24. The van der Waals surface area contributed by atoms with Gasteiger partial charge < -0.3 is 0 Å². The van der Waals surface area contributed by atoms with E-state index in [1.807, 2.05) is 29.1 Å². The number of halogens is 1. The Kier molecular flexibility index (Phi) is 4.49. The van der Waals surface area contributed by atoms with Crippen LogP contribution in [0.3, 0.4) is 0 Å². The Bertz CT molecular complexity index is 60.7. The van der Waals surface area contributed by atoms with Crippen LogP contribution in [0, 0.1) is 5.92 Å². The Labute approximate surface area is 57.9 Å². The van der Waals surface area contributed by atoms with E-state index >= 15 is 0 Å². The van der Waals surface area contributed by atoms with Crippen LogP contribution in [-0.2, 0) is 0 Å². The van der Waals surface area contributed by atoms with Crippen LogP contribution in [0.2, 0.25) is 0 Å². The minimum atomic E-state index is 0.544. The van der Waals surface area contributed by atoms with Crippen molar-refractivity contribution in [2.24, 2.45) is 11.0 Å². The second kappa shape index (κ2) is 4.36. The van der Waals surface area contributed by atoms with Gasteiger partial charge in [0.2, 0.25) is 0 Å². The first-order valence-electron chi connectivity index (χ1n) is 2.16. The largest absolute Gasteiger partial charge is 0.250 e. The molecule has 7 heavy (non-hydrogen) atoms. The zero-order valence-electron chi connectivity index (χ0n) is 4.48. The molecule has 3 heteroatoms. The maximum Gasteiger partial charge on any atom is 0.0750 e. The molecule has 42 valence electrons. The Hall–Kier alpha value is 0.200. The van der Waals surface area contributed by atoms with Gasteiger partial charge in [0.05, 0.1) is 22.9 Å². The summed E-state index contributed by atoms with van der Waals surface area (Å²) in [5.74, 6) is 0.544. The number of hydrazone groups is 1. The van der Waals surface area contributed by atoms with Gasteiger partial charge in [-0.15, -0.1) is 0 Å². The van der Waals surface area contributed by atoms with Gasteiger partial charge in [-0.2, -0.15) is 5.10 Å². The molecule has 0 aromatic carbocycles. The molecule has 0 rings (SSSR count). The molecule has 0 spiro atoms. The fourth-order valence-electron chi connectivity index (χ4n) is 0.177. The molecule has 0 aliphatic rings. The number of hydrogen-bond acceptors (Lipinski definition) is 2. The van der Waals surface area contributed by atoms with Crippen LogP contribution < -0.4 is 3.64 Å². The van der Waals surface area contributed by atoms with Crippen molar-refractivity contribution in [1.29, 1.82) is 0 Å². The molecule has 0 aliphatic heterocycles. The summed E-state index contributed by atoms with van der Waals surface area (Å²) in [5, 5.41) is 3.78. The molecule has 0 saturated carbocycles. The van der Waals surface area contributed by atoms with E-state index < -0.39 is 0 Å². The third-order valence-electron chi connectivity index (χ3n) is 0.421. The third kappa shape index (κ3) is 6.20. The van der Waals surface area contributed by atoms with E-state index in [0.29, 0.717) is 5.92 Å². The summed E-state index contributed by atoms with van der Waals surface area (Å²) in [5.41, 5.74) is 0. The van der Waals surface area contributed by atoms with Crippen LogP contribution >= 0.6 is 22.9 Å². The van der Waals surface area contributed by atoms with Crippen LogP contribution in [-0.4, -0.2) is 6.21 Å². The highest BCUT2D eigenvalue weighted by atomic mass is 127. The highest BCUT2D eigenvalue weighted by Crippen LogP contribution is 1.83. The van der Waals surface area contributed by atoms with Crippen molar-refractivity contribution >= 4 is 29.1 Å². The van der Waals surface area contributed by atoms with E-state index in [4.69, 9.17) is 0 Å². The molecular weight excluding hydrogens is 203 g/mol. The van der Waals surface area contributed by atoms with E-state index in [1.54, 1.807) is 0 Å². The normalized spacial score (nSPS) is 10.9. The van der Waals surface area contributed by atoms with Gasteiger partial charge in [0, 0.05) is 6.21 Å². The van der Waals surface area contributed by atoms with Gasteiger partial charge in [-0.3, -0.25) is 0 Å². The molecule has 0 atom stereocenters. The van der Waals surface area contributed by atoms with Crippen molar-refractivity contribution in [3.05, 3.63) is 0 Å². The standard InChI is InChI=1S/C4H9IN2/c1-4(2)3-6-7-5/h3-4,7H,1-2H3/b6-3+. The van der Waals surface area contributed by atoms with Crippen molar-refractivity contribution in [2.75, 3.05) is 0 Å². The summed E-state index contributed by atoms with van der Waals surface area (Å²) in [6, 6.07) is 0. The van der Waals surface area contributed by atoms with E-state index in [9.17, 15) is 0 Å². The molecule has 0 aliphatic carbocycles. The molecule has 0 aromatic rings. The summed E-state index contributed by atoms with van der Waals surface area (Å²) in [7, 11) is 0. The molecule has 0 bridgehead atoms. The molecule has 0 fully saturated rings. The lowest BCUT2D eigenvalue weighted by atomic mass is 10.3. The van der Waals surface area contributed by atoms with Crippen molar-refractivity contribution in [3.8, 4) is 0 Å². The summed E-state index contributed by atoms with van der Waals surface area (Å²) in [6.07, 6.45) is 1.85. The SMILES string of the molecule is CC(C)/C=N/NI. The molecule has 0 heterocycles. The molecule has 1 N–H and O–H groups in total. The van der Waals surface area contributed by atoms with Crippen molar-refractivity contribution in [1.82, 2.24) is 3.64 Å². The summed E-state index contributed by atoms with van der Waals surface area (Å²) in [6.45, 7) is 4.16. The maximum absolute atomic E-state index is 3.78. The molecule has 0 saturated heterocycles. The quantitative estimate of drug-likeness (QED) is 0.319. The Morgan fingerprint density at radius 2 is 2.29 bits per heavy atom. The fraction of sp³-hybridized carbons (Fsp3) is 0.750. The first kappa shape index (κ1) is 7.20. The van der Waals surface area contributed by atoms with Crippen LogP contribution in [0.5, 0.6) is 0 Å². The minimum Gasteiger partial charge on any atom is -0.250 e. The highest BCUT2D eigenvalue weighted by molar-refractivity contribution is 14.1. The van der Waals surface area contributed by atoms with E-state index in [-0.39, 0.29) is 0 Å². The average Bonchev–Trinajstić information content (AvgIpc) is 1.61. The average molecular weight is 212 g/mol. The zero-order valence-corrected chi connectivity index (χ0v) is 6.64. The van der Waals surface area contributed by atoms with E-state index in [0.717, 1.165) is 0 Å². The predicted octanol–water partition coefficient (Wildman–Crippen LogP) is 1.57. The lowest BCUT2D eigenvalue weighted by molar-refractivity contribution is 0.896. The summed E-state index contributed by atoms with van der Waals surface area (Å²) < 4.78 is 2.64. The molecule has 2 nitrogen and oxygen atoms in total. The van der Waals surface area contributed by atoms with Crippen molar-refractivity contribution < 1.29 is 0 Å². The third-order valence-corrected chi connectivity index (χ3v) is 0.700. The number of nitrogens with zero attached hydrogens (tertiary/aromatic N) is 1. The van der Waals surface area contributed by atoms with Gasteiger partial charge >= 0.3 is 0 Å². The van der Waals surface area contributed by atoms with Crippen molar-refractivity contribution in [3.63, 3.8) is 0 Å². The Morgan fingerprint density at radius 3 is 2.43 bits per heavy atom. The second-order valence-corrected chi connectivity index (χ2v) is 2.09. The smallest absolute Gasteiger partial charge is 0.0750 e. The van der Waals surface area contributed by atoms with Gasteiger partial charge in [0.1, 0.15) is 0 Å². The lowest BCUT2D eigenvalue weighted by Gasteiger charge is -1.88. The highest BCUT2D eigenvalue weighted by Gasteiger charge is 1.80. The van der Waals surface area contributed by atoms with Gasteiger partial charge in [-0.05, 0) is 5.92 Å². The molecule has 0 amide bonds. The summed E-state index contributed by atoms with van der Waals surface area (Å²) >= 11 is 1.97. The molecule has 0 radical (unpaired) electrons. The van der Waals surface area contributed by atoms with Gasteiger partial charge in [-0.25, -0.2) is 3.64 Å². The van der Waals surface area contributed by atoms with Gasteiger partial charge in [-0.1, -0.05) is 13.8 Å². The van der Waals surface area contributed by atoms with Gasteiger partial charge in [0.25, 0.3) is 0 Å². The van der Waals surface area contributed by atoms with Crippen molar-refractivity contribution in [2.45, 2.75) is 13.8 Å². The molecular formula is C4H9IN2. The fourth-order valence-corrected chi connectivity index (χ4v) is 0.338. The van der Waals surface area contributed by atoms with Crippen LogP contribution in [0.15, 0.2) is 5.10 Å². The van der Waals surface area contributed by atoms with Crippen LogP contribution in [0.25, 0.3) is 0 Å². The maximum atomic E-state index is 3.78. The molecule has 0 unspecified atom stereocenters. The Morgan fingerprint density at radius 1 is 1.71 bits per heavy atom. The van der Waals surface area contributed by atoms with Crippen LogP contribution in [0.1, 0.15) is 13.8 Å². The molecule has 0 aromatic heterocycles. The topological polar surface area (TPSA) is 24.4 Å². The van der Waals surface area contributed by atoms with Crippen LogP contribution in [0.4, 0.5) is 0 Å².